The molecule has 96 valence electrons. The van der Waals surface area contributed by atoms with Crippen LogP contribution in [0, 0.1) is 11.8 Å². The Hall–Kier alpha value is 0. The first kappa shape index (κ1) is 16.0. The molecule has 0 spiro atoms. The molecule has 16 heavy (non-hydrogen) atoms. The molecule has 0 amide bonds. The van der Waals surface area contributed by atoms with E-state index in [4.69, 9.17) is 5.73 Å². The summed E-state index contributed by atoms with van der Waals surface area (Å²) in [5.74, 6) is 2.21. The van der Waals surface area contributed by atoms with Gasteiger partial charge >= 0.3 is 0 Å². The lowest BCUT2D eigenvalue weighted by atomic mass is 9.86. The number of rotatable bonds is 6. The van der Waals surface area contributed by atoms with Crippen LogP contribution in [0.1, 0.15) is 46.0 Å². The third kappa shape index (κ3) is 7.30. The first-order valence-corrected chi connectivity index (χ1v) is 6.22. The first-order chi connectivity index (χ1) is 7.18. The Labute approximate surface area is 117 Å². The average Bonchev–Trinajstić information content (AvgIpc) is 2.09. The van der Waals surface area contributed by atoms with Gasteiger partial charge in [-0.1, -0.05) is 20.3 Å². The summed E-state index contributed by atoms with van der Waals surface area (Å²) in [7, 11) is 0. The van der Waals surface area contributed by atoms with Crippen molar-refractivity contribution < 1.29 is 0 Å². The summed E-state index contributed by atoms with van der Waals surface area (Å²) >= 11 is 0. The monoisotopic (exact) mass is 339 g/mol. The maximum atomic E-state index is 5.76. The van der Waals surface area contributed by atoms with Gasteiger partial charge in [0.25, 0.3) is 0 Å². The SMILES string of the molecule is CC(C)CCCNC(N)=NCC1CCC1.I. The zero-order valence-corrected chi connectivity index (χ0v) is 12.9. The summed E-state index contributed by atoms with van der Waals surface area (Å²) in [6, 6.07) is 0. The van der Waals surface area contributed by atoms with Crippen molar-refractivity contribution in [1.82, 2.24) is 5.32 Å². The van der Waals surface area contributed by atoms with Gasteiger partial charge in [-0.3, -0.25) is 4.99 Å². The second-order valence-corrected chi connectivity index (χ2v) is 4.99. The number of halogens is 1. The summed E-state index contributed by atoms with van der Waals surface area (Å²) in [5.41, 5.74) is 5.76. The Morgan fingerprint density at radius 2 is 2.12 bits per heavy atom. The Morgan fingerprint density at radius 1 is 1.44 bits per heavy atom. The van der Waals surface area contributed by atoms with E-state index in [2.05, 4.69) is 24.2 Å². The molecule has 0 atom stereocenters. The van der Waals surface area contributed by atoms with E-state index in [9.17, 15) is 0 Å². The van der Waals surface area contributed by atoms with Crippen molar-refractivity contribution in [3.05, 3.63) is 0 Å². The average molecular weight is 339 g/mol. The van der Waals surface area contributed by atoms with Crippen LogP contribution in [0.5, 0.6) is 0 Å². The lowest BCUT2D eigenvalue weighted by Crippen LogP contribution is -2.33. The minimum atomic E-state index is 0. The number of nitrogens with one attached hydrogen (secondary N) is 1. The Bertz CT molecular complexity index is 200. The van der Waals surface area contributed by atoms with E-state index in [1.807, 2.05) is 0 Å². The number of nitrogens with zero attached hydrogens (tertiary/aromatic N) is 1. The van der Waals surface area contributed by atoms with Crippen LogP contribution < -0.4 is 11.1 Å². The maximum absolute atomic E-state index is 5.76. The summed E-state index contributed by atoms with van der Waals surface area (Å²) in [6.45, 7) is 6.36. The number of hydrogen-bond acceptors (Lipinski definition) is 1. The van der Waals surface area contributed by atoms with Crippen LogP contribution in [0.4, 0.5) is 0 Å². The largest absolute Gasteiger partial charge is 0.370 e. The zero-order chi connectivity index (χ0) is 11.1. The smallest absolute Gasteiger partial charge is 0.188 e. The van der Waals surface area contributed by atoms with Crippen molar-refractivity contribution in [2.24, 2.45) is 22.6 Å². The van der Waals surface area contributed by atoms with E-state index in [-0.39, 0.29) is 24.0 Å². The molecule has 1 fully saturated rings. The van der Waals surface area contributed by atoms with Gasteiger partial charge in [0.1, 0.15) is 0 Å². The highest BCUT2D eigenvalue weighted by atomic mass is 127. The molecule has 0 aromatic heterocycles. The van der Waals surface area contributed by atoms with Gasteiger partial charge in [-0.2, -0.15) is 0 Å². The van der Waals surface area contributed by atoms with Crippen molar-refractivity contribution in [3.8, 4) is 0 Å². The lowest BCUT2D eigenvalue weighted by molar-refractivity contribution is 0.326. The van der Waals surface area contributed by atoms with Gasteiger partial charge in [-0.25, -0.2) is 0 Å². The van der Waals surface area contributed by atoms with Crippen LogP contribution in [0.25, 0.3) is 0 Å². The Morgan fingerprint density at radius 3 is 2.62 bits per heavy atom. The van der Waals surface area contributed by atoms with E-state index in [0.29, 0.717) is 5.96 Å². The predicted octanol–water partition coefficient (Wildman–Crippen LogP) is 2.75. The molecule has 0 heterocycles. The van der Waals surface area contributed by atoms with Crippen LogP contribution in [0.3, 0.4) is 0 Å². The van der Waals surface area contributed by atoms with Crippen LogP contribution in [0.15, 0.2) is 4.99 Å². The molecule has 3 nitrogen and oxygen atoms in total. The molecule has 0 radical (unpaired) electrons. The van der Waals surface area contributed by atoms with E-state index in [1.165, 1.54) is 32.1 Å². The number of hydrogen-bond donors (Lipinski definition) is 2. The van der Waals surface area contributed by atoms with Crippen LogP contribution >= 0.6 is 24.0 Å². The van der Waals surface area contributed by atoms with Gasteiger partial charge in [0, 0.05) is 13.1 Å². The summed E-state index contributed by atoms with van der Waals surface area (Å²) < 4.78 is 0. The summed E-state index contributed by atoms with van der Waals surface area (Å²) in [4.78, 5) is 4.35. The predicted molar refractivity (Wildman–Crippen MR) is 81.3 cm³/mol. The molecule has 4 heteroatoms. The molecule has 1 aliphatic rings. The molecular weight excluding hydrogens is 313 g/mol. The molecule has 0 unspecified atom stereocenters. The molecule has 1 saturated carbocycles. The van der Waals surface area contributed by atoms with Crippen molar-refractivity contribution in [3.63, 3.8) is 0 Å². The molecule has 3 N–H and O–H groups in total. The minimum Gasteiger partial charge on any atom is -0.370 e. The quantitative estimate of drug-likeness (QED) is 0.338. The standard InChI is InChI=1S/C12H25N3.HI/c1-10(2)5-4-8-14-12(13)15-9-11-6-3-7-11;/h10-11H,3-9H2,1-2H3,(H3,13,14,15);1H. The van der Waals surface area contributed by atoms with Crippen LogP contribution in [-0.2, 0) is 0 Å². The number of guanidine groups is 1. The highest BCUT2D eigenvalue weighted by molar-refractivity contribution is 14.0. The molecule has 1 aliphatic carbocycles. The van der Waals surface area contributed by atoms with Crippen molar-refractivity contribution in [2.75, 3.05) is 13.1 Å². The molecule has 0 bridgehead atoms. The molecular formula is C12H26IN3. The molecule has 0 aromatic rings. The van der Waals surface area contributed by atoms with Crippen molar-refractivity contribution >= 4 is 29.9 Å². The lowest BCUT2D eigenvalue weighted by Gasteiger charge is -2.23. The zero-order valence-electron chi connectivity index (χ0n) is 10.5. The van der Waals surface area contributed by atoms with Gasteiger partial charge in [-0.05, 0) is 37.5 Å². The molecule has 1 rings (SSSR count). The fraction of sp³-hybridized carbons (Fsp3) is 0.917. The molecule has 0 saturated heterocycles. The van der Waals surface area contributed by atoms with Crippen LogP contribution in [-0.4, -0.2) is 19.0 Å². The molecule has 0 aromatic carbocycles. The third-order valence-electron chi connectivity index (χ3n) is 3.01. The Balaban J connectivity index is 0.00000225. The number of nitrogens with two attached hydrogens (primary N) is 1. The third-order valence-corrected chi connectivity index (χ3v) is 3.01. The van der Waals surface area contributed by atoms with Gasteiger partial charge in [0.15, 0.2) is 5.96 Å². The highest BCUT2D eigenvalue weighted by Gasteiger charge is 2.16. The van der Waals surface area contributed by atoms with E-state index in [0.717, 1.165) is 24.9 Å². The van der Waals surface area contributed by atoms with Crippen LogP contribution in [0.2, 0.25) is 0 Å². The second-order valence-electron chi connectivity index (χ2n) is 4.99. The van der Waals surface area contributed by atoms with E-state index >= 15 is 0 Å². The Kier molecular flexibility index (Phi) is 9.07. The minimum absolute atomic E-state index is 0. The maximum Gasteiger partial charge on any atom is 0.188 e. The van der Waals surface area contributed by atoms with Gasteiger partial charge < -0.3 is 11.1 Å². The van der Waals surface area contributed by atoms with Gasteiger partial charge in [0.05, 0.1) is 0 Å². The first-order valence-electron chi connectivity index (χ1n) is 6.22. The van der Waals surface area contributed by atoms with Gasteiger partial charge in [-0.15, -0.1) is 24.0 Å². The van der Waals surface area contributed by atoms with Crippen molar-refractivity contribution in [1.29, 1.82) is 0 Å². The van der Waals surface area contributed by atoms with E-state index < -0.39 is 0 Å². The topological polar surface area (TPSA) is 50.4 Å². The molecule has 0 aliphatic heterocycles. The number of aliphatic imine (C=N–C) groups is 1. The van der Waals surface area contributed by atoms with Crippen molar-refractivity contribution in [2.45, 2.75) is 46.0 Å². The summed E-state index contributed by atoms with van der Waals surface area (Å²) in [6.07, 6.45) is 6.48. The normalized spacial score (nSPS) is 16.8. The fourth-order valence-corrected chi connectivity index (χ4v) is 1.69. The fourth-order valence-electron chi connectivity index (χ4n) is 1.69. The van der Waals surface area contributed by atoms with Gasteiger partial charge in [0.2, 0.25) is 0 Å². The highest BCUT2D eigenvalue weighted by Crippen LogP contribution is 2.26. The summed E-state index contributed by atoms with van der Waals surface area (Å²) in [5, 5.41) is 3.17. The van der Waals surface area contributed by atoms with E-state index in [1.54, 1.807) is 0 Å². The second kappa shape index (κ2) is 9.07.